The monoisotopic (exact) mass is 449 g/mol. The van der Waals surface area contributed by atoms with Crippen LogP contribution in [0.4, 0.5) is 5.69 Å². The fourth-order valence-corrected chi connectivity index (χ4v) is 4.22. The lowest BCUT2D eigenvalue weighted by Gasteiger charge is -2.16. The first-order valence-electron chi connectivity index (χ1n) is 11.1. The Bertz CT molecular complexity index is 1360. The first kappa shape index (κ1) is 21.6. The Morgan fingerprint density at radius 2 is 2.00 bits per heavy atom. The van der Waals surface area contributed by atoms with Crippen LogP contribution in [-0.2, 0) is 17.6 Å². The van der Waals surface area contributed by atoms with Gasteiger partial charge in [-0.25, -0.2) is 0 Å². The van der Waals surface area contributed by atoms with Gasteiger partial charge in [-0.15, -0.1) is 0 Å². The summed E-state index contributed by atoms with van der Waals surface area (Å²) < 4.78 is 5.26. The summed E-state index contributed by atoms with van der Waals surface area (Å²) in [5, 5.41) is 0. The molecule has 0 aliphatic carbocycles. The summed E-state index contributed by atoms with van der Waals surface area (Å²) in [5.41, 5.74) is 5.93. The number of rotatable bonds is 7. The number of benzene rings is 2. The van der Waals surface area contributed by atoms with E-state index in [4.69, 9.17) is 4.74 Å². The van der Waals surface area contributed by atoms with Crippen LogP contribution in [0.15, 0.2) is 89.1 Å². The summed E-state index contributed by atoms with van der Waals surface area (Å²) in [6, 6.07) is 16.5. The molecule has 1 aromatic heterocycles. The Hall–Kier alpha value is -4.19. The van der Waals surface area contributed by atoms with Crippen LogP contribution in [-0.4, -0.2) is 41.1 Å². The minimum atomic E-state index is -0.519. The highest BCUT2D eigenvalue weighted by molar-refractivity contribution is 6.15. The van der Waals surface area contributed by atoms with Gasteiger partial charge in [0.15, 0.2) is 11.6 Å². The van der Waals surface area contributed by atoms with Crippen molar-refractivity contribution in [2.75, 3.05) is 7.11 Å². The van der Waals surface area contributed by atoms with Crippen LogP contribution in [0.3, 0.4) is 0 Å². The molecule has 0 N–H and O–H groups in total. The lowest BCUT2D eigenvalue weighted by molar-refractivity contribution is -0.115. The fourth-order valence-electron chi connectivity index (χ4n) is 4.22. The van der Waals surface area contributed by atoms with Crippen LogP contribution in [0.25, 0.3) is 0 Å². The molecule has 0 amide bonds. The van der Waals surface area contributed by atoms with Gasteiger partial charge < -0.3 is 4.74 Å². The second-order valence-electron chi connectivity index (χ2n) is 8.36. The van der Waals surface area contributed by atoms with Gasteiger partial charge in [0.2, 0.25) is 0 Å². The first-order chi connectivity index (χ1) is 16.6. The topological polar surface area (TPSA) is 81.0 Å². The third-order valence-electron chi connectivity index (χ3n) is 5.99. The molecule has 34 heavy (non-hydrogen) atoms. The van der Waals surface area contributed by atoms with Crippen molar-refractivity contribution in [3.05, 3.63) is 101 Å². The molecule has 2 aliphatic heterocycles. The Morgan fingerprint density at radius 3 is 2.82 bits per heavy atom. The maximum Gasteiger partial charge on any atom is 0.180 e. The molecule has 0 bridgehead atoms. The molecule has 2 aliphatic rings. The molecule has 3 aromatic rings. The minimum Gasteiger partial charge on any atom is -0.497 e. The number of methoxy groups -OCH3 is 1. The van der Waals surface area contributed by atoms with Crippen LogP contribution < -0.4 is 4.74 Å². The number of dihydropyridines is 1. The fraction of sp³-hybridized carbons (Fsp3) is 0.179. The average molecular weight is 450 g/mol. The smallest absolute Gasteiger partial charge is 0.180 e. The van der Waals surface area contributed by atoms with Gasteiger partial charge >= 0.3 is 0 Å². The molecule has 1 atom stereocenters. The third-order valence-corrected chi connectivity index (χ3v) is 5.99. The van der Waals surface area contributed by atoms with Gasteiger partial charge in [0, 0.05) is 54.6 Å². The molecule has 2 aromatic carbocycles. The molecule has 6 heteroatoms. The number of nitrogens with zero attached hydrogens (tertiary/aromatic N) is 3. The normalized spacial score (nSPS) is 16.6. The number of Topliss-reactive ketones (excluding diaryl/α,β-unsaturated/α-hetero) is 1. The molecular formula is C28H23N3O3. The zero-order chi connectivity index (χ0) is 23.5. The number of fused-ring (bicyclic) bond motifs is 1. The summed E-state index contributed by atoms with van der Waals surface area (Å²) in [7, 11) is 1.62. The van der Waals surface area contributed by atoms with Gasteiger partial charge in [-0.3, -0.25) is 24.6 Å². The number of ether oxygens (including phenoxy) is 1. The van der Waals surface area contributed by atoms with Crippen molar-refractivity contribution in [3.63, 3.8) is 0 Å². The molecule has 0 radical (unpaired) electrons. The molecule has 0 saturated carbocycles. The van der Waals surface area contributed by atoms with Crippen LogP contribution in [0.1, 0.15) is 33.5 Å². The van der Waals surface area contributed by atoms with Crippen molar-refractivity contribution in [2.24, 2.45) is 9.98 Å². The number of aromatic nitrogens is 1. The van der Waals surface area contributed by atoms with Gasteiger partial charge in [-0.05, 0) is 47.5 Å². The van der Waals surface area contributed by atoms with E-state index in [-0.39, 0.29) is 18.0 Å². The van der Waals surface area contributed by atoms with Gasteiger partial charge in [0.1, 0.15) is 11.8 Å². The molecule has 0 spiro atoms. The number of ketones is 2. The van der Waals surface area contributed by atoms with Crippen molar-refractivity contribution in [3.8, 4) is 5.75 Å². The van der Waals surface area contributed by atoms with Gasteiger partial charge in [0.05, 0.1) is 18.5 Å². The van der Waals surface area contributed by atoms with E-state index in [2.05, 4.69) is 15.0 Å². The number of carbonyl (C=O) groups excluding carboxylic acids is 2. The predicted molar refractivity (Wildman–Crippen MR) is 132 cm³/mol. The largest absolute Gasteiger partial charge is 0.497 e. The summed E-state index contributed by atoms with van der Waals surface area (Å²) in [5.74, 6) is 0.719. The van der Waals surface area contributed by atoms with E-state index in [1.54, 1.807) is 31.7 Å². The zero-order valence-electron chi connectivity index (χ0n) is 18.8. The zero-order valence-corrected chi connectivity index (χ0v) is 18.8. The molecule has 3 heterocycles. The van der Waals surface area contributed by atoms with Crippen molar-refractivity contribution in [1.29, 1.82) is 0 Å². The second-order valence-corrected chi connectivity index (χ2v) is 8.36. The first-order valence-corrected chi connectivity index (χ1v) is 11.1. The van der Waals surface area contributed by atoms with Gasteiger partial charge in [0.25, 0.3) is 0 Å². The molecule has 5 rings (SSSR count). The van der Waals surface area contributed by atoms with E-state index in [1.807, 2.05) is 54.6 Å². The van der Waals surface area contributed by atoms with Crippen LogP contribution in [0.2, 0.25) is 0 Å². The number of allylic oxidation sites excluding steroid dienone is 1. The quantitative estimate of drug-likeness (QED) is 0.496. The van der Waals surface area contributed by atoms with E-state index < -0.39 is 6.04 Å². The maximum atomic E-state index is 13.0. The summed E-state index contributed by atoms with van der Waals surface area (Å²) in [6.45, 7) is 0. The number of hydrogen-bond donors (Lipinski definition) is 0. The molecule has 0 saturated heterocycles. The highest BCUT2D eigenvalue weighted by atomic mass is 16.5. The summed E-state index contributed by atoms with van der Waals surface area (Å²) in [6.07, 6.45) is 8.09. The van der Waals surface area contributed by atoms with Crippen molar-refractivity contribution in [1.82, 2.24) is 4.98 Å². The van der Waals surface area contributed by atoms with Crippen LogP contribution in [0.5, 0.6) is 5.75 Å². The molecule has 6 nitrogen and oxygen atoms in total. The summed E-state index contributed by atoms with van der Waals surface area (Å²) >= 11 is 0. The average Bonchev–Trinajstić information content (AvgIpc) is 3.27. The third kappa shape index (κ3) is 4.62. The Balaban J connectivity index is 1.29. The van der Waals surface area contributed by atoms with E-state index in [9.17, 15) is 9.59 Å². The van der Waals surface area contributed by atoms with Gasteiger partial charge in [-0.1, -0.05) is 24.3 Å². The van der Waals surface area contributed by atoms with Crippen molar-refractivity contribution in [2.45, 2.75) is 25.3 Å². The lowest BCUT2D eigenvalue weighted by atomic mass is 9.95. The standard InChI is InChI=1S/C28H23N3O3/c1-34-23-8-7-19-14-22(30-25(19)16-23)15-28(33)20-5-2-4-18(12-20)13-26-27(32)10-9-24(31-26)21-6-3-11-29-17-21/h2-12,16-17,26H,13-15H2,1H3. The molecule has 0 fully saturated rings. The number of aliphatic imine (C=N–C) groups is 2. The van der Waals surface area contributed by atoms with Gasteiger partial charge in [-0.2, -0.15) is 0 Å². The molecule has 1 unspecified atom stereocenters. The van der Waals surface area contributed by atoms with E-state index >= 15 is 0 Å². The van der Waals surface area contributed by atoms with E-state index in [0.29, 0.717) is 18.4 Å². The summed E-state index contributed by atoms with van der Waals surface area (Å²) in [4.78, 5) is 38.9. The number of hydrogen-bond acceptors (Lipinski definition) is 6. The Morgan fingerprint density at radius 1 is 1.09 bits per heavy atom. The van der Waals surface area contributed by atoms with E-state index in [1.165, 1.54) is 0 Å². The van der Waals surface area contributed by atoms with Crippen LogP contribution >= 0.6 is 0 Å². The highest BCUT2D eigenvalue weighted by Crippen LogP contribution is 2.31. The second kappa shape index (κ2) is 9.35. The van der Waals surface area contributed by atoms with Crippen molar-refractivity contribution < 1.29 is 14.3 Å². The minimum absolute atomic E-state index is 0.00906. The number of carbonyl (C=O) groups is 2. The number of pyridine rings is 1. The van der Waals surface area contributed by atoms with E-state index in [0.717, 1.165) is 39.6 Å². The maximum absolute atomic E-state index is 13.0. The SMILES string of the molecule is COc1ccc2c(c1)N=C(CC(=O)c1cccc(CC3N=C(c4cccnc4)C=CC3=O)c1)C2. The Labute approximate surface area is 197 Å². The highest BCUT2D eigenvalue weighted by Gasteiger charge is 2.22. The van der Waals surface area contributed by atoms with Crippen molar-refractivity contribution >= 4 is 28.7 Å². The lowest BCUT2D eigenvalue weighted by Crippen LogP contribution is -2.25. The predicted octanol–water partition coefficient (Wildman–Crippen LogP) is 4.53. The van der Waals surface area contributed by atoms with Crippen LogP contribution in [0, 0.1) is 0 Å². The molecule has 168 valence electrons. The molecular weight excluding hydrogens is 426 g/mol. The Kier molecular flexibility index (Phi) is 5.95.